The summed E-state index contributed by atoms with van der Waals surface area (Å²) >= 11 is 0. The second-order valence-corrected chi connectivity index (χ2v) is 7.46. The van der Waals surface area contributed by atoms with Crippen LogP contribution >= 0.6 is 0 Å². The van der Waals surface area contributed by atoms with Crippen molar-refractivity contribution < 1.29 is 9.32 Å². The second kappa shape index (κ2) is 7.23. The molecule has 1 fully saturated rings. The average Bonchev–Trinajstić information content (AvgIpc) is 3.11. The van der Waals surface area contributed by atoms with Gasteiger partial charge in [0.2, 0.25) is 0 Å². The number of aromatic nitrogens is 3. The molecule has 7 nitrogen and oxygen atoms in total. The first-order valence-electron chi connectivity index (χ1n) is 9.63. The lowest BCUT2D eigenvalue weighted by Crippen LogP contribution is -2.36. The Morgan fingerprint density at radius 3 is 2.77 bits per heavy atom. The van der Waals surface area contributed by atoms with Crippen molar-refractivity contribution >= 4 is 5.91 Å². The minimum Gasteiger partial charge on any atom is -0.361 e. The summed E-state index contributed by atoms with van der Waals surface area (Å²) < 4.78 is 5.28. The Labute approximate surface area is 153 Å². The first-order chi connectivity index (χ1) is 12.6. The molecule has 1 amide bonds. The van der Waals surface area contributed by atoms with E-state index in [4.69, 9.17) is 4.52 Å². The van der Waals surface area contributed by atoms with Gasteiger partial charge in [0.1, 0.15) is 5.76 Å². The van der Waals surface area contributed by atoms with Gasteiger partial charge in [-0.25, -0.2) is 0 Å². The Kier molecular flexibility index (Phi) is 4.80. The lowest BCUT2D eigenvalue weighted by atomic mass is 9.95. The third-order valence-corrected chi connectivity index (χ3v) is 5.70. The third kappa shape index (κ3) is 3.28. The number of H-pyrrole nitrogens is 1. The predicted molar refractivity (Wildman–Crippen MR) is 97.0 cm³/mol. The number of hydrogen-bond acceptors (Lipinski definition) is 5. The number of hydrogen-bond donors (Lipinski definition) is 1. The highest BCUT2D eigenvalue weighted by Gasteiger charge is 2.27. The molecule has 0 atom stereocenters. The maximum Gasteiger partial charge on any atom is 0.274 e. The normalized spacial score (nSPS) is 18.6. The fourth-order valence-electron chi connectivity index (χ4n) is 4.09. The Morgan fingerprint density at radius 2 is 1.96 bits per heavy atom. The Bertz CT molecular complexity index is 774. The van der Waals surface area contributed by atoms with E-state index in [2.05, 4.69) is 20.3 Å². The van der Waals surface area contributed by atoms with E-state index in [9.17, 15) is 4.79 Å². The molecule has 1 saturated heterocycles. The number of aryl methyl sites for hydroxylation is 3. The van der Waals surface area contributed by atoms with Gasteiger partial charge in [0.25, 0.3) is 5.91 Å². The van der Waals surface area contributed by atoms with Crippen LogP contribution in [0.25, 0.3) is 0 Å². The zero-order valence-electron chi connectivity index (χ0n) is 15.7. The van der Waals surface area contributed by atoms with E-state index >= 15 is 0 Å². The average molecular weight is 357 g/mol. The molecule has 0 unspecified atom stereocenters. The topological polar surface area (TPSA) is 78.3 Å². The van der Waals surface area contributed by atoms with E-state index in [1.807, 2.05) is 18.7 Å². The van der Waals surface area contributed by atoms with Crippen molar-refractivity contribution in [1.29, 1.82) is 0 Å². The number of rotatable bonds is 3. The molecule has 2 aromatic rings. The fourth-order valence-corrected chi connectivity index (χ4v) is 4.09. The van der Waals surface area contributed by atoms with E-state index in [0.29, 0.717) is 5.69 Å². The molecule has 1 aliphatic carbocycles. The number of carbonyl (C=O) groups excluding carboxylic acids is 1. The van der Waals surface area contributed by atoms with Crippen molar-refractivity contribution in [1.82, 2.24) is 25.2 Å². The number of fused-ring (bicyclic) bond motifs is 1. The van der Waals surface area contributed by atoms with Crippen molar-refractivity contribution in [2.24, 2.45) is 0 Å². The molecule has 2 aliphatic rings. The quantitative estimate of drug-likeness (QED) is 0.911. The van der Waals surface area contributed by atoms with Crippen LogP contribution in [0.2, 0.25) is 0 Å². The highest BCUT2D eigenvalue weighted by Crippen LogP contribution is 2.24. The molecule has 140 valence electrons. The molecule has 4 rings (SSSR count). The first kappa shape index (κ1) is 17.3. The van der Waals surface area contributed by atoms with Crippen molar-refractivity contribution in [3.05, 3.63) is 34.0 Å². The fraction of sp³-hybridized carbons (Fsp3) is 0.632. The summed E-state index contributed by atoms with van der Waals surface area (Å²) in [6.07, 6.45) is 5.29. The van der Waals surface area contributed by atoms with E-state index in [1.165, 1.54) is 12.0 Å². The molecule has 0 bridgehead atoms. The van der Waals surface area contributed by atoms with Crippen molar-refractivity contribution in [3.8, 4) is 0 Å². The highest BCUT2D eigenvalue weighted by atomic mass is 16.5. The largest absolute Gasteiger partial charge is 0.361 e. The minimum atomic E-state index is 0.0867. The van der Waals surface area contributed by atoms with E-state index in [0.717, 1.165) is 81.1 Å². The summed E-state index contributed by atoms with van der Waals surface area (Å²) in [5, 5.41) is 11.5. The summed E-state index contributed by atoms with van der Waals surface area (Å²) in [6, 6.07) is 0. The molecule has 7 heteroatoms. The summed E-state index contributed by atoms with van der Waals surface area (Å²) in [5.74, 6) is 0.978. The van der Waals surface area contributed by atoms with Crippen molar-refractivity contribution in [3.63, 3.8) is 0 Å². The smallest absolute Gasteiger partial charge is 0.274 e. The summed E-state index contributed by atoms with van der Waals surface area (Å²) in [5.41, 5.74) is 5.10. The van der Waals surface area contributed by atoms with Crippen molar-refractivity contribution in [2.45, 2.75) is 52.5 Å². The van der Waals surface area contributed by atoms with Gasteiger partial charge in [-0.2, -0.15) is 5.10 Å². The summed E-state index contributed by atoms with van der Waals surface area (Å²) in [6.45, 7) is 8.16. The van der Waals surface area contributed by atoms with E-state index < -0.39 is 0 Å². The summed E-state index contributed by atoms with van der Waals surface area (Å²) in [4.78, 5) is 17.4. The maximum absolute atomic E-state index is 13.0. The molecular weight excluding hydrogens is 330 g/mol. The Hall–Kier alpha value is -2.15. The number of nitrogens with one attached hydrogen (secondary N) is 1. The zero-order chi connectivity index (χ0) is 18.1. The van der Waals surface area contributed by atoms with Crippen LogP contribution < -0.4 is 0 Å². The van der Waals surface area contributed by atoms with Crippen LogP contribution in [0.4, 0.5) is 0 Å². The van der Waals surface area contributed by atoms with Gasteiger partial charge in [0.15, 0.2) is 5.69 Å². The molecule has 2 aromatic heterocycles. The molecule has 1 aliphatic heterocycles. The van der Waals surface area contributed by atoms with Crippen molar-refractivity contribution in [2.75, 3.05) is 26.2 Å². The molecule has 0 saturated carbocycles. The SMILES string of the molecule is Cc1noc(C)c1CN1CCCN(C(=O)c2n[nH]c3c2CCCC3)CC1. The maximum atomic E-state index is 13.0. The molecule has 0 radical (unpaired) electrons. The van der Waals surface area contributed by atoms with Gasteiger partial charge in [0, 0.05) is 49.5 Å². The second-order valence-electron chi connectivity index (χ2n) is 7.46. The van der Waals surface area contributed by atoms with Crippen LogP contribution in [0.15, 0.2) is 4.52 Å². The van der Waals surface area contributed by atoms with Crippen LogP contribution in [0.5, 0.6) is 0 Å². The monoisotopic (exact) mass is 357 g/mol. The number of aromatic amines is 1. The zero-order valence-corrected chi connectivity index (χ0v) is 15.7. The van der Waals surface area contributed by atoms with Gasteiger partial charge in [-0.05, 0) is 46.0 Å². The molecule has 3 heterocycles. The van der Waals surface area contributed by atoms with Gasteiger partial charge in [-0.3, -0.25) is 14.8 Å². The number of nitrogens with zero attached hydrogens (tertiary/aromatic N) is 4. The first-order valence-corrected chi connectivity index (χ1v) is 9.63. The molecule has 26 heavy (non-hydrogen) atoms. The van der Waals surface area contributed by atoms with Gasteiger partial charge in [0.05, 0.1) is 5.69 Å². The van der Waals surface area contributed by atoms with Gasteiger partial charge in [-0.1, -0.05) is 5.16 Å². The van der Waals surface area contributed by atoms with Crippen LogP contribution in [-0.2, 0) is 19.4 Å². The lowest BCUT2D eigenvalue weighted by Gasteiger charge is -2.22. The van der Waals surface area contributed by atoms with Gasteiger partial charge < -0.3 is 9.42 Å². The third-order valence-electron chi connectivity index (χ3n) is 5.70. The van der Waals surface area contributed by atoms with E-state index in [1.54, 1.807) is 0 Å². The highest BCUT2D eigenvalue weighted by molar-refractivity contribution is 5.94. The van der Waals surface area contributed by atoms with Crippen LogP contribution in [-0.4, -0.2) is 57.2 Å². The van der Waals surface area contributed by atoms with Gasteiger partial charge in [-0.15, -0.1) is 0 Å². The lowest BCUT2D eigenvalue weighted by molar-refractivity contribution is 0.0754. The van der Waals surface area contributed by atoms with Gasteiger partial charge >= 0.3 is 0 Å². The van der Waals surface area contributed by atoms with Crippen LogP contribution in [0, 0.1) is 13.8 Å². The van der Waals surface area contributed by atoms with E-state index in [-0.39, 0.29) is 5.91 Å². The predicted octanol–water partition coefficient (Wildman–Crippen LogP) is 2.24. The standard InChI is InChI=1S/C19H27N5O2/c1-13-16(14(2)26-22-13)12-23-8-5-9-24(11-10-23)19(25)18-15-6-3-4-7-17(15)20-21-18/h3-12H2,1-2H3,(H,20,21). The van der Waals surface area contributed by atoms with Crippen LogP contribution in [0.3, 0.4) is 0 Å². The van der Waals surface area contributed by atoms with Crippen LogP contribution in [0.1, 0.15) is 58.0 Å². The summed E-state index contributed by atoms with van der Waals surface area (Å²) in [7, 11) is 0. The number of amides is 1. The molecule has 0 aromatic carbocycles. The Morgan fingerprint density at radius 1 is 1.12 bits per heavy atom. The Balaban J connectivity index is 1.42. The minimum absolute atomic E-state index is 0.0867. The number of carbonyl (C=O) groups is 1. The molecule has 1 N–H and O–H groups in total. The molecular formula is C19H27N5O2. The molecule has 0 spiro atoms.